The van der Waals surface area contributed by atoms with Crippen LogP contribution in [-0.2, 0) is 11.2 Å². The zero-order valence-corrected chi connectivity index (χ0v) is 16.1. The Morgan fingerprint density at radius 3 is 2.90 bits per heavy atom. The Bertz CT molecular complexity index is 1040. The van der Waals surface area contributed by atoms with Crippen molar-refractivity contribution in [2.45, 2.75) is 31.2 Å². The topological polar surface area (TPSA) is 93.8 Å². The highest BCUT2D eigenvalue weighted by Crippen LogP contribution is 2.33. The summed E-state index contributed by atoms with van der Waals surface area (Å²) in [6.45, 7) is 0.711. The molecule has 3 heterocycles. The van der Waals surface area contributed by atoms with Crippen molar-refractivity contribution in [1.29, 1.82) is 0 Å². The molecule has 160 valence electrons. The van der Waals surface area contributed by atoms with Gasteiger partial charge in [0.25, 0.3) is 0 Å². The van der Waals surface area contributed by atoms with E-state index in [-0.39, 0.29) is 23.9 Å². The summed E-state index contributed by atoms with van der Waals surface area (Å²) in [5.74, 6) is 0.658. The Kier molecular flexibility index (Phi) is 5.48. The summed E-state index contributed by atoms with van der Waals surface area (Å²) >= 11 is 0. The zero-order chi connectivity index (χ0) is 21.3. The maximum Gasteiger partial charge on any atom is 0.393 e. The molecular weight excluding hydrogens is 403 g/mol. The summed E-state index contributed by atoms with van der Waals surface area (Å²) in [6, 6.07) is 4.17. The van der Waals surface area contributed by atoms with Crippen LogP contribution in [0.2, 0.25) is 0 Å². The van der Waals surface area contributed by atoms with Gasteiger partial charge in [-0.25, -0.2) is 4.98 Å². The number of aromatic nitrogens is 4. The van der Waals surface area contributed by atoms with Crippen molar-refractivity contribution in [3.63, 3.8) is 0 Å². The number of ether oxygens (including phenoxy) is 2. The van der Waals surface area contributed by atoms with Crippen molar-refractivity contribution in [1.82, 2.24) is 19.6 Å². The molecule has 1 aliphatic heterocycles. The summed E-state index contributed by atoms with van der Waals surface area (Å²) in [7, 11) is 1.40. The lowest BCUT2D eigenvalue weighted by molar-refractivity contribution is -0.127. The maximum atomic E-state index is 13.1. The number of rotatable bonds is 5. The minimum absolute atomic E-state index is 0.0276. The van der Waals surface area contributed by atoms with Gasteiger partial charge in [0, 0.05) is 12.2 Å². The van der Waals surface area contributed by atoms with Crippen LogP contribution in [0.3, 0.4) is 0 Å². The molecule has 1 saturated heterocycles. The standard InChI is InChI=1S/C19H20F3N5O3/c1-29-12-2-3-13(11(6-12)7-19(20,21)22)17-15-8-23-10-27(15)18(26-25-17)24-14-4-5-30-9-16(14)28/h2-3,6,8,10,14,16,28H,4-5,7,9H2,1H3,(H,24,26)/t14-,16-/m1/s1. The van der Waals surface area contributed by atoms with Crippen molar-refractivity contribution in [3.05, 3.63) is 36.3 Å². The van der Waals surface area contributed by atoms with Gasteiger partial charge in [0.2, 0.25) is 5.95 Å². The summed E-state index contributed by atoms with van der Waals surface area (Å²) in [6.07, 6.45) is -2.65. The molecule has 0 spiro atoms. The van der Waals surface area contributed by atoms with Crippen LogP contribution in [0, 0.1) is 0 Å². The van der Waals surface area contributed by atoms with Crippen molar-refractivity contribution < 1.29 is 27.8 Å². The quantitative estimate of drug-likeness (QED) is 0.651. The van der Waals surface area contributed by atoms with Gasteiger partial charge in [0.15, 0.2) is 0 Å². The molecule has 30 heavy (non-hydrogen) atoms. The van der Waals surface area contributed by atoms with Gasteiger partial charge in [-0.1, -0.05) is 0 Å². The summed E-state index contributed by atoms with van der Waals surface area (Å²) in [4.78, 5) is 4.11. The minimum Gasteiger partial charge on any atom is -0.497 e. The highest BCUT2D eigenvalue weighted by molar-refractivity contribution is 5.79. The van der Waals surface area contributed by atoms with Gasteiger partial charge >= 0.3 is 6.18 Å². The first-order chi connectivity index (χ1) is 14.4. The van der Waals surface area contributed by atoms with Crippen molar-refractivity contribution in [2.24, 2.45) is 0 Å². The third-order valence-corrected chi connectivity index (χ3v) is 4.95. The first kappa shape index (κ1) is 20.4. The number of imidazole rings is 1. The number of nitrogens with zero attached hydrogens (tertiary/aromatic N) is 4. The molecule has 11 heteroatoms. The van der Waals surface area contributed by atoms with Crippen molar-refractivity contribution in [3.8, 4) is 17.0 Å². The molecule has 0 aliphatic carbocycles. The fourth-order valence-electron chi connectivity index (χ4n) is 3.47. The molecule has 3 aromatic rings. The monoisotopic (exact) mass is 423 g/mol. The van der Waals surface area contributed by atoms with Crippen LogP contribution in [0.5, 0.6) is 5.75 Å². The van der Waals surface area contributed by atoms with Crippen LogP contribution in [0.1, 0.15) is 12.0 Å². The molecule has 0 amide bonds. The molecule has 2 N–H and O–H groups in total. The zero-order valence-electron chi connectivity index (χ0n) is 16.1. The van der Waals surface area contributed by atoms with E-state index < -0.39 is 18.7 Å². The minimum atomic E-state index is -4.40. The number of benzene rings is 1. The first-order valence-corrected chi connectivity index (χ1v) is 9.31. The number of hydrogen-bond donors (Lipinski definition) is 2. The van der Waals surface area contributed by atoms with E-state index in [0.29, 0.717) is 35.8 Å². The van der Waals surface area contributed by atoms with E-state index in [1.165, 1.54) is 31.8 Å². The smallest absolute Gasteiger partial charge is 0.393 e. The maximum absolute atomic E-state index is 13.1. The molecule has 0 unspecified atom stereocenters. The van der Waals surface area contributed by atoms with Crippen LogP contribution in [0.15, 0.2) is 30.7 Å². The number of hydrogen-bond acceptors (Lipinski definition) is 7. The molecule has 1 aliphatic rings. The predicted molar refractivity (Wildman–Crippen MR) is 101 cm³/mol. The number of methoxy groups -OCH3 is 1. The summed E-state index contributed by atoms with van der Waals surface area (Å²) in [5.41, 5.74) is 1.08. The Morgan fingerprint density at radius 1 is 1.33 bits per heavy atom. The van der Waals surface area contributed by atoms with E-state index in [0.717, 1.165) is 0 Å². The molecule has 4 rings (SSSR count). The highest BCUT2D eigenvalue weighted by atomic mass is 19.4. The second-order valence-corrected chi connectivity index (χ2v) is 7.02. The average molecular weight is 423 g/mol. The molecule has 2 aromatic heterocycles. The second-order valence-electron chi connectivity index (χ2n) is 7.02. The number of anilines is 1. The average Bonchev–Trinajstić information content (AvgIpc) is 3.19. The van der Waals surface area contributed by atoms with Gasteiger partial charge < -0.3 is 19.9 Å². The van der Waals surface area contributed by atoms with E-state index in [2.05, 4.69) is 20.5 Å². The second kappa shape index (κ2) is 8.07. The number of halogens is 3. The van der Waals surface area contributed by atoms with Gasteiger partial charge in [-0.3, -0.25) is 4.40 Å². The SMILES string of the molecule is COc1ccc(-c2nnc(N[C@@H]3CCOC[C@H]3O)n3cncc23)c(CC(F)(F)F)c1. The Hall–Kier alpha value is -2.92. The van der Waals surface area contributed by atoms with E-state index in [1.807, 2.05) is 0 Å². The van der Waals surface area contributed by atoms with E-state index in [4.69, 9.17) is 9.47 Å². The van der Waals surface area contributed by atoms with Gasteiger partial charge in [0.1, 0.15) is 17.8 Å². The molecule has 8 nitrogen and oxygen atoms in total. The van der Waals surface area contributed by atoms with Crippen LogP contribution >= 0.6 is 0 Å². The lowest BCUT2D eigenvalue weighted by Crippen LogP contribution is -2.42. The lowest BCUT2D eigenvalue weighted by atomic mass is 10.0. The Balaban J connectivity index is 1.75. The molecule has 1 aromatic carbocycles. The van der Waals surface area contributed by atoms with E-state index >= 15 is 0 Å². The third-order valence-electron chi connectivity index (χ3n) is 4.95. The summed E-state index contributed by atoms with van der Waals surface area (Å²) < 4.78 is 51.4. The fraction of sp³-hybridized carbons (Fsp3) is 0.421. The highest BCUT2D eigenvalue weighted by Gasteiger charge is 2.30. The molecule has 2 atom stereocenters. The molecule has 0 radical (unpaired) electrons. The van der Waals surface area contributed by atoms with E-state index in [9.17, 15) is 18.3 Å². The number of aliphatic hydroxyl groups is 1. The largest absolute Gasteiger partial charge is 0.497 e. The number of nitrogens with one attached hydrogen (secondary N) is 1. The summed E-state index contributed by atoms with van der Waals surface area (Å²) in [5, 5.41) is 21.6. The van der Waals surface area contributed by atoms with Crippen molar-refractivity contribution >= 4 is 11.5 Å². The van der Waals surface area contributed by atoms with Crippen LogP contribution in [0.4, 0.5) is 19.1 Å². The van der Waals surface area contributed by atoms with Crippen LogP contribution in [0.25, 0.3) is 16.8 Å². The third kappa shape index (κ3) is 4.17. The normalized spacial score (nSPS) is 19.8. The fourth-order valence-corrected chi connectivity index (χ4v) is 3.47. The number of aliphatic hydroxyl groups excluding tert-OH is 1. The van der Waals surface area contributed by atoms with E-state index in [1.54, 1.807) is 10.5 Å². The predicted octanol–water partition coefficient (Wildman–Crippen LogP) is 2.47. The Morgan fingerprint density at radius 2 is 2.17 bits per heavy atom. The molecule has 1 fully saturated rings. The molecule has 0 saturated carbocycles. The number of alkyl halides is 3. The molecule has 0 bridgehead atoms. The number of fused-ring (bicyclic) bond motifs is 1. The van der Waals surface area contributed by atoms with Gasteiger partial charge in [-0.2, -0.15) is 13.2 Å². The lowest BCUT2D eigenvalue weighted by Gasteiger charge is -2.28. The molecular formula is C19H20F3N5O3. The van der Waals surface area contributed by atoms with Crippen LogP contribution in [-0.4, -0.2) is 63.3 Å². The van der Waals surface area contributed by atoms with Gasteiger partial charge in [-0.15, -0.1) is 10.2 Å². The van der Waals surface area contributed by atoms with Crippen LogP contribution < -0.4 is 10.1 Å². The van der Waals surface area contributed by atoms with Crippen molar-refractivity contribution in [2.75, 3.05) is 25.6 Å². The van der Waals surface area contributed by atoms with Gasteiger partial charge in [-0.05, 0) is 30.2 Å². The van der Waals surface area contributed by atoms with Gasteiger partial charge in [0.05, 0.1) is 44.0 Å². The Labute approximate surface area is 169 Å². The first-order valence-electron chi connectivity index (χ1n) is 9.31.